The van der Waals surface area contributed by atoms with Crippen molar-refractivity contribution in [2.45, 2.75) is 32.8 Å². The monoisotopic (exact) mass is 281 g/mol. The van der Waals surface area contributed by atoms with Gasteiger partial charge in [0.2, 0.25) is 0 Å². The van der Waals surface area contributed by atoms with Gasteiger partial charge in [-0.25, -0.2) is 4.79 Å². The Hall–Kier alpha value is -1.82. The number of aliphatic hydroxyl groups excluding tert-OH is 1. The molecule has 1 heterocycles. The SMILES string of the molecule is CCC(CC)C(O)CNC(=O)Nc1cccn(C)c1=O. The first kappa shape index (κ1) is 16.2. The minimum atomic E-state index is -0.575. The number of hydrogen-bond acceptors (Lipinski definition) is 3. The van der Waals surface area contributed by atoms with E-state index in [0.29, 0.717) is 0 Å². The van der Waals surface area contributed by atoms with E-state index >= 15 is 0 Å². The van der Waals surface area contributed by atoms with Crippen LogP contribution in [0, 0.1) is 5.92 Å². The summed E-state index contributed by atoms with van der Waals surface area (Å²) >= 11 is 0. The van der Waals surface area contributed by atoms with E-state index in [-0.39, 0.29) is 23.7 Å². The van der Waals surface area contributed by atoms with Crippen LogP contribution in [-0.2, 0) is 7.05 Å². The number of aliphatic hydroxyl groups is 1. The molecular formula is C14H23N3O3. The molecule has 20 heavy (non-hydrogen) atoms. The molecule has 112 valence electrons. The molecule has 0 saturated carbocycles. The lowest BCUT2D eigenvalue weighted by Crippen LogP contribution is -2.39. The molecule has 2 amide bonds. The molecule has 0 aromatic carbocycles. The summed E-state index contributed by atoms with van der Waals surface area (Å²) in [6.07, 6.45) is 2.76. The number of anilines is 1. The van der Waals surface area contributed by atoms with E-state index in [9.17, 15) is 14.7 Å². The smallest absolute Gasteiger partial charge is 0.319 e. The lowest BCUT2D eigenvalue weighted by molar-refractivity contribution is 0.104. The highest BCUT2D eigenvalue weighted by Gasteiger charge is 2.16. The van der Waals surface area contributed by atoms with Crippen molar-refractivity contribution < 1.29 is 9.90 Å². The van der Waals surface area contributed by atoms with Crippen molar-refractivity contribution in [2.24, 2.45) is 13.0 Å². The van der Waals surface area contributed by atoms with Gasteiger partial charge in [0.25, 0.3) is 5.56 Å². The fourth-order valence-corrected chi connectivity index (χ4v) is 2.06. The van der Waals surface area contributed by atoms with E-state index in [2.05, 4.69) is 10.6 Å². The number of rotatable bonds is 6. The first-order chi connectivity index (χ1) is 9.49. The van der Waals surface area contributed by atoms with E-state index in [1.165, 1.54) is 4.57 Å². The van der Waals surface area contributed by atoms with Crippen molar-refractivity contribution in [3.8, 4) is 0 Å². The molecule has 0 radical (unpaired) electrons. The van der Waals surface area contributed by atoms with Crippen molar-refractivity contribution in [1.29, 1.82) is 0 Å². The number of hydrogen-bond donors (Lipinski definition) is 3. The van der Waals surface area contributed by atoms with Crippen LogP contribution in [0.5, 0.6) is 0 Å². The van der Waals surface area contributed by atoms with Crippen LogP contribution in [0.4, 0.5) is 10.5 Å². The first-order valence-corrected chi connectivity index (χ1v) is 6.88. The third-order valence-corrected chi connectivity index (χ3v) is 3.44. The molecule has 0 bridgehead atoms. The number of nitrogens with one attached hydrogen (secondary N) is 2. The molecule has 3 N–H and O–H groups in total. The van der Waals surface area contributed by atoms with Gasteiger partial charge in [-0.1, -0.05) is 26.7 Å². The zero-order chi connectivity index (χ0) is 15.1. The van der Waals surface area contributed by atoms with Crippen molar-refractivity contribution in [2.75, 3.05) is 11.9 Å². The molecular weight excluding hydrogens is 258 g/mol. The van der Waals surface area contributed by atoms with Crippen LogP contribution < -0.4 is 16.2 Å². The average Bonchev–Trinajstić information content (AvgIpc) is 2.43. The van der Waals surface area contributed by atoms with Crippen LogP contribution in [0.25, 0.3) is 0 Å². The Bertz CT molecular complexity index is 495. The molecule has 0 aliphatic rings. The molecule has 1 atom stereocenters. The number of urea groups is 1. The number of carbonyl (C=O) groups is 1. The number of aromatic nitrogens is 1. The van der Waals surface area contributed by atoms with Crippen LogP contribution >= 0.6 is 0 Å². The lowest BCUT2D eigenvalue weighted by Gasteiger charge is -2.20. The highest BCUT2D eigenvalue weighted by atomic mass is 16.3. The number of aryl methyl sites for hydroxylation is 1. The van der Waals surface area contributed by atoms with E-state index in [1.807, 2.05) is 13.8 Å². The highest BCUT2D eigenvalue weighted by Crippen LogP contribution is 2.12. The molecule has 0 spiro atoms. The van der Waals surface area contributed by atoms with Crippen molar-refractivity contribution in [1.82, 2.24) is 9.88 Å². The summed E-state index contributed by atoms with van der Waals surface area (Å²) in [5.74, 6) is 0.167. The van der Waals surface area contributed by atoms with Gasteiger partial charge in [-0.05, 0) is 18.1 Å². The van der Waals surface area contributed by atoms with Gasteiger partial charge in [0.05, 0.1) is 6.10 Å². The molecule has 1 aromatic heterocycles. The second-order valence-electron chi connectivity index (χ2n) is 4.82. The summed E-state index contributed by atoms with van der Waals surface area (Å²) < 4.78 is 1.38. The van der Waals surface area contributed by atoms with Gasteiger partial charge in [-0.2, -0.15) is 0 Å². The Morgan fingerprint density at radius 1 is 1.40 bits per heavy atom. The Kier molecular flexibility index (Phi) is 6.24. The van der Waals surface area contributed by atoms with E-state index in [4.69, 9.17) is 0 Å². The molecule has 6 heteroatoms. The maximum absolute atomic E-state index is 11.7. The largest absolute Gasteiger partial charge is 0.391 e. The predicted octanol–water partition coefficient (Wildman–Crippen LogP) is 1.30. The number of nitrogens with zero attached hydrogens (tertiary/aromatic N) is 1. The van der Waals surface area contributed by atoms with Crippen molar-refractivity contribution >= 4 is 11.7 Å². The minimum Gasteiger partial charge on any atom is -0.391 e. The predicted molar refractivity (Wildman–Crippen MR) is 78.8 cm³/mol. The average molecular weight is 281 g/mol. The summed E-state index contributed by atoms with van der Waals surface area (Å²) in [6.45, 7) is 4.18. The van der Waals surface area contributed by atoms with Crippen LogP contribution in [0.3, 0.4) is 0 Å². The number of carbonyl (C=O) groups excluding carboxylic acids is 1. The molecule has 0 aliphatic heterocycles. The summed E-state index contributed by atoms with van der Waals surface area (Å²) in [4.78, 5) is 23.4. The molecule has 0 fully saturated rings. The molecule has 1 rings (SSSR count). The van der Waals surface area contributed by atoms with Crippen LogP contribution in [0.15, 0.2) is 23.1 Å². The third-order valence-electron chi connectivity index (χ3n) is 3.44. The second-order valence-corrected chi connectivity index (χ2v) is 4.82. The van der Waals surface area contributed by atoms with E-state index < -0.39 is 12.1 Å². The fourth-order valence-electron chi connectivity index (χ4n) is 2.06. The Balaban J connectivity index is 2.52. The van der Waals surface area contributed by atoms with Crippen LogP contribution in [0.1, 0.15) is 26.7 Å². The van der Waals surface area contributed by atoms with Gasteiger partial charge in [0.1, 0.15) is 5.69 Å². The summed E-state index contributed by atoms with van der Waals surface area (Å²) in [6, 6.07) is 2.73. The minimum absolute atomic E-state index is 0.167. The van der Waals surface area contributed by atoms with Gasteiger partial charge in [0, 0.05) is 19.8 Å². The summed E-state index contributed by atoms with van der Waals surface area (Å²) in [7, 11) is 1.61. The van der Waals surface area contributed by atoms with E-state index in [1.54, 1.807) is 25.4 Å². The topological polar surface area (TPSA) is 83.4 Å². The molecule has 0 aliphatic carbocycles. The van der Waals surface area contributed by atoms with Crippen LogP contribution in [0.2, 0.25) is 0 Å². The maximum Gasteiger partial charge on any atom is 0.319 e. The molecule has 6 nitrogen and oxygen atoms in total. The second kappa shape index (κ2) is 7.69. The Morgan fingerprint density at radius 2 is 2.05 bits per heavy atom. The van der Waals surface area contributed by atoms with Gasteiger partial charge in [0.15, 0.2) is 0 Å². The summed E-state index contributed by atoms with van der Waals surface area (Å²) in [5, 5.41) is 15.0. The van der Waals surface area contributed by atoms with Gasteiger partial charge in [-0.15, -0.1) is 0 Å². The van der Waals surface area contributed by atoms with E-state index in [0.717, 1.165) is 12.8 Å². The fraction of sp³-hybridized carbons (Fsp3) is 0.571. The Labute approximate surface area is 118 Å². The van der Waals surface area contributed by atoms with Gasteiger partial charge < -0.3 is 20.3 Å². The first-order valence-electron chi connectivity index (χ1n) is 6.88. The van der Waals surface area contributed by atoms with Gasteiger partial charge >= 0.3 is 6.03 Å². The quantitative estimate of drug-likeness (QED) is 0.735. The van der Waals surface area contributed by atoms with Crippen molar-refractivity contribution in [3.05, 3.63) is 28.7 Å². The van der Waals surface area contributed by atoms with Crippen LogP contribution in [-0.4, -0.2) is 28.4 Å². The van der Waals surface area contributed by atoms with Gasteiger partial charge in [-0.3, -0.25) is 4.79 Å². The Morgan fingerprint density at radius 3 is 2.65 bits per heavy atom. The third kappa shape index (κ3) is 4.38. The van der Waals surface area contributed by atoms with Crippen molar-refractivity contribution in [3.63, 3.8) is 0 Å². The lowest BCUT2D eigenvalue weighted by atomic mass is 9.97. The zero-order valence-electron chi connectivity index (χ0n) is 12.2. The molecule has 1 unspecified atom stereocenters. The normalized spacial score (nSPS) is 12.2. The zero-order valence-corrected chi connectivity index (χ0v) is 12.2. The molecule has 0 saturated heterocycles. The highest BCUT2D eigenvalue weighted by molar-refractivity contribution is 5.88. The standard InChI is InChI=1S/C14H23N3O3/c1-4-10(5-2)12(18)9-15-14(20)16-11-7-6-8-17(3)13(11)19/h6-8,10,12,18H,4-5,9H2,1-3H3,(H2,15,16,20). The summed E-state index contributed by atoms with van der Waals surface area (Å²) in [5.41, 5.74) is -0.0623. The number of amides is 2. The molecule has 1 aromatic rings. The maximum atomic E-state index is 11.7. The number of pyridine rings is 1.